The molecule has 140 valence electrons. The van der Waals surface area contributed by atoms with E-state index in [4.69, 9.17) is 0 Å². The number of piperazine rings is 1. The maximum atomic E-state index is 13.7. The molecule has 0 aromatic heterocycles. The summed E-state index contributed by atoms with van der Waals surface area (Å²) in [6.45, 7) is 8.62. The van der Waals surface area contributed by atoms with E-state index >= 15 is 0 Å². The van der Waals surface area contributed by atoms with E-state index in [-0.39, 0.29) is 5.41 Å². The fraction of sp³-hybridized carbons (Fsp3) is 0.696. The standard InChI is InChI=1S/C23H32N2O/c1-21-12-18-13-22(2,15-21)17-23(14-18,16-21)20(26)25-10-8-24(9-11-25)19-6-4-3-5-7-19/h3-7,18H,8-17H2,1-2H3/t18?,21-,22-,23?/m0/s1. The number of hydrogen-bond donors (Lipinski definition) is 0. The van der Waals surface area contributed by atoms with Gasteiger partial charge in [0.05, 0.1) is 5.41 Å². The Morgan fingerprint density at radius 1 is 0.885 bits per heavy atom. The molecule has 4 aliphatic carbocycles. The summed E-state index contributed by atoms with van der Waals surface area (Å²) in [5.74, 6) is 1.28. The summed E-state index contributed by atoms with van der Waals surface area (Å²) in [5, 5.41) is 0. The fourth-order valence-electron chi connectivity index (χ4n) is 7.83. The van der Waals surface area contributed by atoms with Gasteiger partial charge in [0.1, 0.15) is 0 Å². The van der Waals surface area contributed by atoms with Crippen molar-refractivity contribution in [2.75, 3.05) is 31.1 Å². The topological polar surface area (TPSA) is 23.6 Å². The van der Waals surface area contributed by atoms with Crippen LogP contribution in [0.15, 0.2) is 30.3 Å². The summed E-state index contributed by atoms with van der Waals surface area (Å²) < 4.78 is 0. The van der Waals surface area contributed by atoms with Crippen molar-refractivity contribution < 1.29 is 4.79 Å². The third-order valence-corrected chi connectivity index (χ3v) is 7.77. The van der Waals surface area contributed by atoms with Crippen molar-refractivity contribution in [3.05, 3.63) is 30.3 Å². The highest BCUT2D eigenvalue weighted by Gasteiger charge is 2.63. The molecule has 3 heteroatoms. The highest BCUT2D eigenvalue weighted by molar-refractivity contribution is 5.84. The average molecular weight is 353 g/mol. The summed E-state index contributed by atoms with van der Waals surface area (Å²) >= 11 is 0. The van der Waals surface area contributed by atoms with Crippen LogP contribution in [0.3, 0.4) is 0 Å². The molecule has 1 aliphatic heterocycles. The van der Waals surface area contributed by atoms with E-state index in [1.807, 2.05) is 0 Å². The quantitative estimate of drug-likeness (QED) is 0.791. The molecule has 4 saturated carbocycles. The number of rotatable bonds is 2. The summed E-state index contributed by atoms with van der Waals surface area (Å²) in [4.78, 5) is 18.3. The Labute approximate surface area is 157 Å². The normalized spacial score (nSPS) is 41.5. The molecule has 1 saturated heterocycles. The van der Waals surface area contributed by atoms with Crippen LogP contribution < -0.4 is 4.90 Å². The Balaban J connectivity index is 1.32. The van der Waals surface area contributed by atoms with Gasteiger partial charge in [-0.3, -0.25) is 4.79 Å². The molecule has 0 spiro atoms. The van der Waals surface area contributed by atoms with Crippen LogP contribution in [0.2, 0.25) is 0 Å². The Kier molecular flexibility index (Phi) is 3.52. The van der Waals surface area contributed by atoms with E-state index in [1.165, 1.54) is 24.9 Å². The van der Waals surface area contributed by atoms with Gasteiger partial charge in [-0.1, -0.05) is 32.0 Å². The van der Waals surface area contributed by atoms with Gasteiger partial charge in [0.15, 0.2) is 0 Å². The summed E-state index contributed by atoms with van der Waals surface area (Å²) in [6.07, 6.45) is 7.51. The van der Waals surface area contributed by atoms with Crippen LogP contribution in [-0.4, -0.2) is 37.0 Å². The lowest BCUT2D eigenvalue weighted by Gasteiger charge is -2.65. The lowest BCUT2D eigenvalue weighted by atomic mass is 9.40. The molecule has 1 aromatic carbocycles. The van der Waals surface area contributed by atoms with Gasteiger partial charge in [-0.15, -0.1) is 0 Å². The molecule has 1 heterocycles. The number of amides is 1. The second kappa shape index (κ2) is 5.50. The Morgan fingerprint density at radius 3 is 2.08 bits per heavy atom. The first-order valence-electron chi connectivity index (χ1n) is 10.5. The van der Waals surface area contributed by atoms with E-state index in [0.29, 0.717) is 16.7 Å². The minimum absolute atomic E-state index is 0.0438. The van der Waals surface area contributed by atoms with Gasteiger partial charge in [0.25, 0.3) is 0 Å². The highest BCUT2D eigenvalue weighted by atomic mass is 16.2. The van der Waals surface area contributed by atoms with Crippen molar-refractivity contribution in [1.29, 1.82) is 0 Å². The average Bonchev–Trinajstić information content (AvgIpc) is 2.59. The molecule has 3 nitrogen and oxygen atoms in total. The molecule has 5 aliphatic rings. The second-order valence-electron chi connectivity index (χ2n) is 10.5. The third-order valence-electron chi connectivity index (χ3n) is 7.77. The van der Waals surface area contributed by atoms with Crippen molar-refractivity contribution in [2.24, 2.45) is 22.2 Å². The molecule has 5 fully saturated rings. The van der Waals surface area contributed by atoms with Crippen molar-refractivity contribution in [1.82, 2.24) is 4.90 Å². The number of carbonyl (C=O) groups is 1. The monoisotopic (exact) mass is 352 g/mol. The number of carbonyl (C=O) groups excluding carboxylic acids is 1. The number of hydrogen-bond acceptors (Lipinski definition) is 2. The van der Waals surface area contributed by atoms with Crippen molar-refractivity contribution in [3.63, 3.8) is 0 Å². The predicted molar refractivity (Wildman–Crippen MR) is 105 cm³/mol. The highest BCUT2D eigenvalue weighted by Crippen LogP contribution is 2.69. The number of para-hydroxylation sites is 1. The molecule has 1 amide bonds. The van der Waals surface area contributed by atoms with E-state index in [0.717, 1.165) is 51.4 Å². The Hall–Kier alpha value is -1.51. The van der Waals surface area contributed by atoms with Gasteiger partial charge in [0.2, 0.25) is 5.91 Å². The maximum absolute atomic E-state index is 13.7. The van der Waals surface area contributed by atoms with Crippen molar-refractivity contribution in [2.45, 2.75) is 52.4 Å². The van der Waals surface area contributed by atoms with Crippen LogP contribution in [0.5, 0.6) is 0 Å². The largest absolute Gasteiger partial charge is 0.368 e. The molecule has 26 heavy (non-hydrogen) atoms. The SMILES string of the molecule is C[C@@]12CC3CC(C(=O)N4CCN(c5ccccc5)CC4)(C1)C[C@@](C)(C3)C2. The lowest BCUT2D eigenvalue weighted by molar-refractivity contribution is -0.179. The smallest absolute Gasteiger partial charge is 0.228 e. The van der Waals surface area contributed by atoms with Gasteiger partial charge < -0.3 is 9.80 Å². The molecule has 0 unspecified atom stereocenters. The van der Waals surface area contributed by atoms with Gasteiger partial charge in [-0.25, -0.2) is 0 Å². The Bertz CT molecular complexity index is 688. The minimum Gasteiger partial charge on any atom is -0.368 e. The molecule has 0 radical (unpaired) electrons. The van der Waals surface area contributed by atoms with Crippen LogP contribution in [0.1, 0.15) is 52.4 Å². The molecule has 4 bridgehead atoms. The van der Waals surface area contributed by atoms with Gasteiger partial charge in [-0.05, 0) is 67.4 Å². The number of anilines is 1. The number of benzene rings is 1. The number of nitrogens with zero attached hydrogens (tertiary/aromatic N) is 2. The molecule has 2 atom stereocenters. The van der Waals surface area contributed by atoms with E-state index in [9.17, 15) is 4.79 Å². The second-order valence-corrected chi connectivity index (χ2v) is 10.5. The first kappa shape index (κ1) is 16.6. The van der Waals surface area contributed by atoms with Crippen LogP contribution in [0, 0.1) is 22.2 Å². The fourth-order valence-corrected chi connectivity index (χ4v) is 7.83. The maximum Gasteiger partial charge on any atom is 0.228 e. The van der Waals surface area contributed by atoms with Crippen LogP contribution in [0.25, 0.3) is 0 Å². The van der Waals surface area contributed by atoms with Crippen molar-refractivity contribution in [3.8, 4) is 0 Å². The zero-order valence-corrected chi connectivity index (χ0v) is 16.3. The van der Waals surface area contributed by atoms with E-state index < -0.39 is 0 Å². The first-order chi connectivity index (χ1) is 12.4. The summed E-state index contributed by atoms with van der Waals surface area (Å²) in [5.41, 5.74) is 2.07. The van der Waals surface area contributed by atoms with Gasteiger partial charge in [-0.2, -0.15) is 0 Å². The molecular formula is C23H32N2O. The van der Waals surface area contributed by atoms with E-state index in [2.05, 4.69) is 54.0 Å². The van der Waals surface area contributed by atoms with Crippen LogP contribution in [0.4, 0.5) is 5.69 Å². The first-order valence-corrected chi connectivity index (χ1v) is 10.5. The Morgan fingerprint density at radius 2 is 1.50 bits per heavy atom. The molecule has 0 N–H and O–H groups in total. The van der Waals surface area contributed by atoms with E-state index in [1.54, 1.807) is 0 Å². The third kappa shape index (κ3) is 2.58. The lowest BCUT2D eigenvalue weighted by Crippen LogP contribution is -2.62. The molecule has 6 rings (SSSR count). The van der Waals surface area contributed by atoms with Gasteiger partial charge in [0, 0.05) is 31.9 Å². The summed E-state index contributed by atoms with van der Waals surface area (Å²) in [6, 6.07) is 10.6. The van der Waals surface area contributed by atoms with Gasteiger partial charge >= 0.3 is 0 Å². The zero-order chi connectivity index (χ0) is 18.0. The predicted octanol–water partition coefficient (Wildman–Crippen LogP) is 4.33. The molecular weight excluding hydrogens is 320 g/mol. The van der Waals surface area contributed by atoms with Crippen LogP contribution >= 0.6 is 0 Å². The minimum atomic E-state index is -0.0438. The van der Waals surface area contributed by atoms with Crippen molar-refractivity contribution >= 4 is 11.6 Å². The zero-order valence-electron chi connectivity index (χ0n) is 16.3. The van der Waals surface area contributed by atoms with Crippen LogP contribution in [-0.2, 0) is 4.79 Å². The molecule has 1 aromatic rings. The summed E-state index contributed by atoms with van der Waals surface area (Å²) in [7, 11) is 0.